The number of rotatable bonds is 4. The molecule has 7 rings (SSSR count). The second kappa shape index (κ2) is 7.00. The van der Waals surface area contributed by atoms with E-state index in [1.54, 1.807) is 0 Å². The molecule has 1 aromatic carbocycles. The summed E-state index contributed by atoms with van der Waals surface area (Å²) in [5.74, 6) is 3.03. The monoisotopic (exact) mass is 411 g/mol. The zero-order chi connectivity index (χ0) is 19.4. The highest BCUT2D eigenvalue weighted by molar-refractivity contribution is 7.00. The van der Waals surface area contributed by atoms with Crippen LogP contribution in [0.5, 0.6) is 0 Å². The SMILES string of the molecule is O=C(CN1CCN(C23CC4CC(CC(C4)C2)C3)CC1)Nc1cccc2nsnc12. The van der Waals surface area contributed by atoms with Gasteiger partial charge in [0, 0.05) is 31.7 Å². The molecular formula is C22H29N5OS. The maximum Gasteiger partial charge on any atom is 0.238 e. The summed E-state index contributed by atoms with van der Waals surface area (Å²) in [5, 5.41) is 3.05. The molecule has 4 aliphatic carbocycles. The Kier molecular flexibility index (Phi) is 4.39. The molecule has 29 heavy (non-hydrogen) atoms. The van der Waals surface area contributed by atoms with Crippen LogP contribution in [0.2, 0.25) is 0 Å². The number of fused-ring (bicyclic) bond motifs is 1. The van der Waals surface area contributed by atoms with Gasteiger partial charge in [-0.25, -0.2) is 0 Å². The van der Waals surface area contributed by atoms with Gasteiger partial charge in [0.2, 0.25) is 5.91 Å². The number of nitrogens with zero attached hydrogens (tertiary/aromatic N) is 4. The molecule has 4 bridgehead atoms. The second-order valence-corrected chi connectivity index (χ2v) is 10.4. The summed E-state index contributed by atoms with van der Waals surface area (Å²) in [7, 11) is 0. The van der Waals surface area contributed by atoms with Gasteiger partial charge in [-0.1, -0.05) is 6.07 Å². The Morgan fingerprint density at radius 3 is 2.41 bits per heavy atom. The summed E-state index contributed by atoms with van der Waals surface area (Å²) in [6, 6.07) is 5.76. The standard InChI is InChI=1S/C22H29N5OS/c28-20(23-18-2-1-3-19-21(18)25-29-24-19)14-26-4-6-27(7-5-26)22-11-15-8-16(12-22)10-17(9-15)13-22/h1-3,15-17H,4-14H2,(H,23,28). The molecule has 0 unspecified atom stereocenters. The predicted molar refractivity (Wildman–Crippen MR) is 115 cm³/mol. The molecule has 0 radical (unpaired) electrons. The lowest BCUT2D eigenvalue weighted by atomic mass is 9.52. The van der Waals surface area contributed by atoms with E-state index in [-0.39, 0.29) is 5.91 Å². The molecule has 2 aromatic rings. The van der Waals surface area contributed by atoms with Crippen LogP contribution in [0, 0.1) is 17.8 Å². The highest BCUT2D eigenvalue weighted by Gasteiger charge is 2.53. The van der Waals surface area contributed by atoms with Crippen molar-refractivity contribution in [1.29, 1.82) is 0 Å². The Morgan fingerprint density at radius 1 is 1.03 bits per heavy atom. The third-order valence-electron chi connectivity index (χ3n) is 7.98. The quantitative estimate of drug-likeness (QED) is 0.837. The van der Waals surface area contributed by atoms with E-state index in [1.165, 1.54) is 50.3 Å². The van der Waals surface area contributed by atoms with Crippen LogP contribution >= 0.6 is 11.7 Å². The van der Waals surface area contributed by atoms with E-state index in [2.05, 4.69) is 23.9 Å². The van der Waals surface area contributed by atoms with Crippen molar-refractivity contribution in [2.24, 2.45) is 17.8 Å². The second-order valence-electron chi connectivity index (χ2n) is 9.89. The summed E-state index contributed by atoms with van der Waals surface area (Å²) in [4.78, 5) is 17.8. The van der Waals surface area contributed by atoms with Gasteiger partial charge < -0.3 is 5.32 Å². The summed E-state index contributed by atoms with van der Waals surface area (Å²) < 4.78 is 8.57. The topological polar surface area (TPSA) is 61.4 Å². The highest BCUT2D eigenvalue weighted by Crippen LogP contribution is 2.57. The van der Waals surface area contributed by atoms with Crippen LogP contribution in [0.3, 0.4) is 0 Å². The number of hydrogen-bond donors (Lipinski definition) is 1. The van der Waals surface area contributed by atoms with Crippen molar-refractivity contribution in [1.82, 2.24) is 18.5 Å². The first-order chi connectivity index (χ1) is 14.2. The van der Waals surface area contributed by atoms with E-state index in [0.29, 0.717) is 12.1 Å². The van der Waals surface area contributed by atoms with Crippen molar-refractivity contribution in [3.05, 3.63) is 18.2 Å². The van der Waals surface area contributed by atoms with E-state index in [1.807, 2.05) is 18.2 Å². The molecule has 5 aliphatic rings. The fraction of sp³-hybridized carbons (Fsp3) is 0.682. The molecule has 0 atom stereocenters. The molecule has 0 spiro atoms. The van der Waals surface area contributed by atoms with Crippen molar-refractivity contribution in [2.45, 2.75) is 44.1 Å². The normalized spacial score (nSPS) is 34.7. The molecule has 5 fully saturated rings. The number of anilines is 1. The van der Waals surface area contributed by atoms with Crippen molar-refractivity contribution in [2.75, 3.05) is 38.0 Å². The Labute approximate surface area is 176 Å². The van der Waals surface area contributed by atoms with Crippen LogP contribution in [-0.4, -0.2) is 62.7 Å². The van der Waals surface area contributed by atoms with Crippen LogP contribution in [0.25, 0.3) is 11.0 Å². The minimum absolute atomic E-state index is 0.0498. The van der Waals surface area contributed by atoms with Crippen LogP contribution in [0.1, 0.15) is 38.5 Å². The van der Waals surface area contributed by atoms with E-state index in [0.717, 1.165) is 60.7 Å². The summed E-state index contributed by atoms with van der Waals surface area (Å²) in [5.41, 5.74) is 2.90. The van der Waals surface area contributed by atoms with Gasteiger partial charge in [0.25, 0.3) is 0 Å². The first-order valence-corrected chi connectivity index (χ1v) is 11.9. The van der Waals surface area contributed by atoms with Crippen LogP contribution in [0.4, 0.5) is 5.69 Å². The van der Waals surface area contributed by atoms with Gasteiger partial charge in [0.1, 0.15) is 11.0 Å². The first-order valence-electron chi connectivity index (χ1n) is 11.2. The minimum Gasteiger partial charge on any atom is -0.323 e. The number of aromatic nitrogens is 2. The lowest BCUT2D eigenvalue weighted by Gasteiger charge is -2.61. The number of piperazine rings is 1. The lowest BCUT2D eigenvalue weighted by molar-refractivity contribution is -0.120. The third kappa shape index (κ3) is 3.27. The number of amides is 1. The molecule has 1 saturated heterocycles. The molecule has 7 heteroatoms. The van der Waals surface area contributed by atoms with Gasteiger partial charge >= 0.3 is 0 Å². The van der Waals surface area contributed by atoms with Gasteiger partial charge in [-0.3, -0.25) is 14.6 Å². The third-order valence-corrected chi connectivity index (χ3v) is 8.52. The average Bonchev–Trinajstić information content (AvgIpc) is 3.17. The van der Waals surface area contributed by atoms with E-state index in [4.69, 9.17) is 0 Å². The number of hydrogen-bond acceptors (Lipinski definition) is 6. The van der Waals surface area contributed by atoms with Gasteiger partial charge in [-0.05, 0) is 68.4 Å². The minimum atomic E-state index is 0.0498. The molecule has 6 nitrogen and oxygen atoms in total. The molecule has 1 amide bonds. The number of carbonyl (C=O) groups excluding carboxylic acids is 1. The van der Waals surface area contributed by atoms with Crippen molar-refractivity contribution < 1.29 is 4.79 Å². The average molecular weight is 412 g/mol. The number of benzene rings is 1. The summed E-state index contributed by atoms with van der Waals surface area (Å²) in [6.45, 7) is 4.69. The molecule has 2 heterocycles. The predicted octanol–water partition coefficient (Wildman–Crippen LogP) is 3.22. The van der Waals surface area contributed by atoms with Crippen LogP contribution in [0.15, 0.2) is 18.2 Å². The number of carbonyl (C=O) groups is 1. The molecule has 1 aromatic heterocycles. The Morgan fingerprint density at radius 2 is 1.72 bits per heavy atom. The van der Waals surface area contributed by atoms with E-state index < -0.39 is 0 Å². The molecule has 1 aliphatic heterocycles. The summed E-state index contributed by atoms with van der Waals surface area (Å²) >= 11 is 1.19. The first kappa shape index (κ1) is 18.2. The van der Waals surface area contributed by atoms with E-state index >= 15 is 0 Å². The lowest BCUT2D eigenvalue weighted by Crippen LogP contribution is -2.64. The van der Waals surface area contributed by atoms with E-state index in [9.17, 15) is 4.79 Å². The Bertz CT molecular complexity index is 884. The highest BCUT2D eigenvalue weighted by atomic mass is 32.1. The maximum absolute atomic E-state index is 12.6. The maximum atomic E-state index is 12.6. The van der Waals surface area contributed by atoms with Gasteiger partial charge in [-0.2, -0.15) is 8.75 Å². The molecule has 1 N–H and O–H groups in total. The van der Waals surface area contributed by atoms with Gasteiger partial charge in [-0.15, -0.1) is 0 Å². The molecule has 154 valence electrons. The fourth-order valence-electron chi connectivity index (χ4n) is 7.13. The zero-order valence-corrected chi connectivity index (χ0v) is 17.7. The van der Waals surface area contributed by atoms with Crippen LogP contribution < -0.4 is 5.32 Å². The summed E-state index contributed by atoms with van der Waals surface area (Å²) in [6.07, 6.45) is 8.81. The van der Waals surface area contributed by atoms with Crippen molar-refractivity contribution in [3.8, 4) is 0 Å². The largest absolute Gasteiger partial charge is 0.323 e. The smallest absolute Gasteiger partial charge is 0.238 e. The molecular weight excluding hydrogens is 382 g/mol. The van der Waals surface area contributed by atoms with Gasteiger partial charge in [0.05, 0.1) is 24.0 Å². The Balaban J connectivity index is 1.06. The van der Waals surface area contributed by atoms with Crippen molar-refractivity contribution in [3.63, 3.8) is 0 Å². The van der Waals surface area contributed by atoms with Crippen molar-refractivity contribution >= 4 is 34.4 Å². The number of nitrogens with one attached hydrogen (secondary N) is 1. The Hall–Kier alpha value is -1.57. The fourth-order valence-corrected chi connectivity index (χ4v) is 7.68. The zero-order valence-electron chi connectivity index (χ0n) is 16.8. The van der Waals surface area contributed by atoms with Crippen LogP contribution in [-0.2, 0) is 4.79 Å². The molecule has 4 saturated carbocycles. The van der Waals surface area contributed by atoms with Gasteiger partial charge in [0.15, 0.2) is 0 Å².